The number of thiazole rings is 1. The van der Waals surface area contributed by atoms with Crippen molar-refractivity contribution in [3.8, 4) is 0 Å². The molecule has 0 aliphatic heterocycles. The van der Waals surface area contributed by atoms with E-state index in [0.717, 1.165) is 10.6 Å². The minimum Gasteiger partial charge on any atom is -0.320 e. The van der Waals surface area contributed by atoms with E-state index in [2.05, 4.69) is 15.0 Å². The molecule has 0 fully saturated rings. The molecule has 6 nitrogen and oxygen atoms in total. The maximum absolute atomic E-state index is 12.6. The molecule has 1 amide bonds. The van der Waals surface area contributed by atoms with Gasteiger partial charge in [0, 0.05) is 17.5 Å². The largest absolute Gasteiger partial charge is 0.320 e. The summed E-state index contributed by atoms with van der Waals surface area (Å²) < 4.78 is 26.7. The summed E-state index contributed by atoms with van der Waals surface area (Å²) in [6, 6.07) is 15.1. The lowest BCUT2D eigenvalue weighted by molar-refractivity contribution is 0.102. The number of nitrogens with zero attached hydrogens (tertiary/aromatic N) is 1. The molecule has 1 aromatic heterocycles. The van der Waals surface area contributed by atoms with Crippen molar-refractivity contribution in [2.75, 3.05) is 15.8 Å². The SMILES string of the molecule is CCCS(=O)(=O)Nc1cccc(NC(=O)c2csc(Cc3ccccc3)n2)c1C. The summed E-state index contributed by atoms with van der Waals surface area (Å²) >= 11 is 1.44. The van der Waals surface area contributed by atoms with Crippen LogP contribution in [0, 0.1) is 6.92 Å². The zero-order chi connectivity index (χ0) is 20.9. The van der Waals surface area contributed by atoms with Gasteiger partial charge in [-0.3, -0.25) is 9.52 Å². The first-order chi connectivity index (χ1) is 13.9. The summed E-state index contributed by atoms with van der Waals surface area (Å²) in [4.78, 5) is 17.1. The fourth-order valence-corrected chi connectivity index (χ4v) is 4.83. The molecule has 2 aromatic carbocycles. The van der Waals surface area contributed by atoms with Crippen molar-refractivity contribution in [3.05, 3.63) is 75.7 Å². The molecule has 1 heterocycles. The summed E-state index contributed by atoms with van der Waals surface area (Å²) in [5.41, 5.74) is 3.14. The van der Waals surface area contributed by atoms with Crippen LogP contribution in [0.1, 0.15) is 40.0 Å². The first-order valence-corrected chi connectivity index (χ1v) is 11.8. The highest BCUT2D eigenvalue weighted by atomic mass is 32.2. The molecule has 0 saturated carbocycles. The van der Waals surface area contributed by atoms with Gasteiger partial charge < -0.3 is 5.32 Å². The van der Waals surface area contributed by atoms with E-state index in [9.17, 15) is 13.2 Å². The molecule has 0 aliphatic carbocycles. The lowest BCUT2D eigenvalue weighted by Gasteiger charge is -2.14. The Morgan fingerprint density at radius 2 is 1.79 bits per heavy atom. The van der Waals surface area contributed by atoms with E-state index in [1.807, 2.05) is 37.3 Å². The molecular weight excluding hydrogens is 406 g/mol. The second kappa shape index (κ2) is 9.19. The minimum atomic E-state index is -3.40. The summed E-state index contributed by atoms with van der Waals surface area (Å²) in [6.07, 6.45) is 1.20. The standard InChI is InChI=1S/C21H23N3O3S2/c1-3-12-29(26,27)24-18-11-7-10-17(15(18)2)23-21(25)19-14-28-20(22-19)13-16-8-5-4-6-9-16/h4-11,14,24H,3,12-13H2,1-2H3,(H,23,25). The van der Waals surface area contributed by atoms with Gasteiger partial charge in [-0.05, 0) is 36.6 Å². The lowest BCUT2D eigenvalue weighted by atomic mass is 10.1. The predicted molar refractivity (Wildman–Crippen MR) is 118 cm³/mol. The van der Waals surface area contributed by atoms with Gasteiger partial charge in [0.1, 0.15) is 5.69 Å². The third-order valence-corrected chi connectivity index (χ3v) is 6.63. The van der Waals surface area contributed by atoms with Gasteiger partial charge in [0.15, 0.2) is 0 Å². The normalized spacial score (nSPS) is 11.2. The van der Waals surface area contributed by atoms with E-state index >= 15 is 0 Å². The van der Waals surface area contributed by atoms with Crippen LogP contribution in [0.2, 0.25) is 0 Å². The summed E-state index contributed by atoms with van der Waals surface area (Å²) in [6.45, 7) is 3.57. The average molecular weight is 430 g/mol. The first kappa shape index (κ1) is 21.0. The van der Waals surface area contributed by atoms with Gasteiger partial charge in [0.2, 0.25) is 10.0 Å². The topological polar surface area (TPSA) is 88.2 Å². The van der Waals surface area contributed by atoms with Crippen molar-refractivity contribution >= 4 is 38.6 Å². The number of benzene rings is 2. The number of carbonyl (C=O) groups is 1. The molecular formula is C21H23N3O3S2. The van der Waals surface area contributed by atoms with Gasteiger partial charge in [-0.15, -0.1) is 11.3 Å². The van der Waals surface area contributed by atoms with Crippen molar-refractivity contribution in [2.45, 2.75) is 26.7 Å². The molecule has 3 rings (SSSR count). The van der Waals surface area contributed by atoms with Gasteiger partial charge in [0.25, 0.3) is 5.91 Å². The summed E-state index contributed by atoms with van der Waals surface area (Å²) in [5.74, 6) is -0.274. The molecule has 0 radical (unpaired) electrons. The van der Waals surface area contributed by atoms with Gasteiger partial charge in [-0.25, -0.2) is 13.4 Å². The Hall–Kier alpha value is -2.71. The Balaban J connectivity index is 1.72. The number of hydrogen-bond donors (Lipinski definition) is 2. The Kier molecular flexibility index (Phi) is 6.66. The smallest absolute Gasteiger partial charge is 0.275 e. The Morgan fingerprint density at radius 1 is 1.07 bits per heavy atom. The van der Waals surface area contributed by atoms with Gasteiger partial charge in [-0.1, -0.05) is 43.3 Å². The van der Waals surface area contributed by atoms with Crippen LogP contribution in [-0.2, 0) is 16.4 Å². The molecule has 2 N–H and O–H groups in total. The van der Waals surface area contributed by atoms with Crippen LogP contribution in [0.15, 0.2) is 53.9 Å². The quantitative estimate of drug-likeness (QED) is 0.554. The van der Waals surface area contributed by atoms with Crippen molar-refractivity contribution in [3.63, 3.8) is 0 Å². The molecule has 0 saturated heterocycles. The number of nitrogens with one attached hydrogen (secondary N) is 2. The molecule has 0 bridgehead atoms. The number of rotatable bonds is 8. The summed E-state index contributed by atoms with van der Waals surface area (Å²) in [7, 11) is -3.40. The number of anilines is 2. The first-order valence-electron chi connectivity index (χ1n) is 9.27. The number of carbonyl (C=O) groups excluding carboxylic acids is 1. The Morgan fingerprint density at radius 3 is 2.52 bits per heavy atom. The molecule has 0 unspecified atom stereocenters. The number of aromatic nitrogens is 1. The van der Waals surface area contributed by atoms with Gasteiger partial charge >= 0.3 is 0 Å². The van der Waals surface area contributed by atoms with E-state index in [-0.39, 0.29) is 11.7 Å². The van der Waals surface area contributed by atoms with Crippen LogP contribution >= 0.6 is 11.3 Å². The molecule has 0 spiro atoms. The fourth-order valence-electron chi connectivity index (χ4n) is 2.82. The average Bonchev–Trinajstić information content (AvgIpc) is 3.14. The van der Waals surface area contributed by atoms with Gasteiger partial charge in [0.05, 0.1) is 16.4 Å². The maximum atomic E-state index is 12.6. The Bertz CT molecular complexity index is 1090. The molecule has 3 aromatic rings. The van der Waals surface area contributed by atoms with E-state index in [0.29, 0.717) is 35.5 Å². The highest BCUT2D eigenvalue weighted by Gasteiger charge is 2.15. The van der Waals surface area contributed by atoms with Gasteiger partial charge in [-0.2, -0.15) is 0 Å². The minimum absolute atomic E-state index is 0.0477. The predicted octanol–water partition coefficient (Wildman–Crippen LogP) is 4.45. The molecule has 152 valence electrons. The van der Waals surface area contributed by atoms with Crippen molar-refractivity contribution < 1.29 is 13.2 Å². The Labute approximate surface area is 175 Å². The molecule has 0 atom stereocenters. The third-order valence-electron chi connectivity index (χ3n) is 4.30. The number of hydrogen-bond acceptors (Lipinski definition) is 5. The van der Waals surface area contributed by atoms with Crippen molar-refractivity contribution in [1.82, 2.24) is 4.98 Å². The lowest BCUT2D eigenvalue weighted by Crippen LogP contribution is -2.18. The van der Waals surface area contributed by atoms with Crippen LogP contribution < -0.4 is 10.0 Å². The second-order valence-electron chi connectivity index (χ2n) is 6.64. The van der Waals surface area contributed by atoms with Crippen LogP contribution in [-0.4, -0.2) is 25.1 Å². The van der Waals surface area contributed by atoms with Crippen molar-refractivity contribution in [2.24, 2.45) is 0 Å². The second-order valence-corrected chi connectivity index (χ2v) is 9.43. The van der Waals surface area contributed by atoms with Crippen LogP contribution in [0.5, 0.6) is 0 Å². The molecule has 0 aliphatic rings. The van der Waals surface area contributed by atoms with E-state index in [1.165, 1.54) is 11.3 Å². The summed E-state index contributed by atoms with van der Waals surface area (Å²) in [5, 5.41) is 5.43. The monoisotopic (exact) mass is 429 g/mol. The zero-order valence-electron chi connectivity index (χ0n) is 16.3. The van der Waals surface area contributed by atoms with Crippen LogP contribution in [0.4, 0.5) is 11.4 Å². The van der Waals surface area contributed by atoms with Crippen LogP contribution in [0.25, 0.3) is 0 Å². The third kappa shape index (κ3) is 5.65. The fraction of sp³-hybridized carbons (Fsp3) is 0.238. The zero-order valence-corrected chi connectivity index (χ0v) is 17.9. The van der Waals surface area contributed by atoms with Crippen LogP contribution in [0.3, 0.4) is 0 Å². The van der Waals surface area contributed by atoms with E-state index in [4.69, 9.17) is 0 Å². The number of sulfonamides is 1. The van der Waals surface area contributed by atoms with Crippen molar-refractivity contribution in [1.29, 1.82) is 0 Å². The molecule has 29 heavy (non-hydrogen) atoms. The van der Waals surface area contributed by atoms with E-state index in [1.54, 1.807) is 30.5 Å². The maximum Gasteiger partial charge on any atom is 0.275 e. The molecule has 8 heteroatoms. The highest BCUT2D eigenvalue weighted by Crippen LogP contribution is 2.25. The number of amides is 1. The van der Waals surface area contributed by atoms with E-state index < -0.39 is 10.0 Å². The highest BCUT2D eigenvalue weighted by molar-refractivity contribution is 7.92.